The van der Waals surface area contributed by atoms with E-state index < -0.39 is 0 Å². The minimum absolute atomic E-state index is 0.625. The number of hydrogen-bond donors (Lipinski definition) is 1. The molecule has 0 saturated carbocycles. The van der Waals surface area contributed by atoms with E-state index in [4.69, 9.17) is 0 Å². The van der Waals surface area contributed by atoms with Gasteiger partial charge in [0.25, 0.3) is 0 Å². The van der Waals surface area contributed by atoms with Crippen molar-refractivity contribution in [1.82, 2.24) is 5.32 Å². The highest BCUT2D eigenvalue weighted by Crippen LogP contribution is 1.76. The molecule has 10 heavy (non-hydrogen) atoms. The van der Waals surface area contributed by atoms with Gasteiger partial charge in [-0.05, 0) is 13.0 Å². The Morgan fingerprint density at radius 3 is 2.40 bits per heavy atom. The van der Waals surface area contributed by atoms with Gasteiger partial charge in [0.15, 0.2) is 0 Å². The van der Waals surface area contributed by atoms with Gasteiger partial charge in [-0.1, -0.05) is 24.3 Å². The van der Waals surface area contributed by atoms with E-state index in [1.165, 1.54) is 0 Å². The van der Waals surface area contributed by atoms with Crippen molar-refractivity contribution in [2.45, 2.75) is 6.92 Å². The van der Waals surface area contributed by atoms with E-state index >= 15 is 0 Å². The molecule has 0 radical (unpaired) electrons. The zero-order valence-electron chi connectivity index (χ0n) is 5.95. The molecular formula is C8H11NO. The highest BCUT2D eigenvalue weighted by Gasteiger charge is 1.62. The van der Waals surface area contributed by atoms with Gasteiger partial charge in [0.2, 0.25) is 6.41 Å². The number of carbonyl (C=O) groups excluding carboxylic acids is 1. The first kappa shape index (κ1) is 8.69. The van der Waals surface area contributed by atoms with Crippen LogP contribution in [0, 0.1) is 0 Å². The normalized spacial score (nSPS) is 11.7. The van der Waals surface area contributed by atoms with Crippen LogP contribution in [0.2, 0.25) is 0 Å². The fourth-order valence-electron chi connectivity index (χ4n) is 0.390. The number of hydrogen-bond acceptors (Lipinski definition) is 1. The van der Waals surface area contributed by atoms with E-state index in [2.05, 4.69) is 5.32 Å². The lowest BCUT2D eigenvalue weighted by Crippen LogP contribution is -1.97. The third-order valence-corrected chi connectivity index (χ3v) is 0.786. The molecule has 0 aromatic rings. The number of allylic oxidation sites excluding steroid dienone is 5. The van der Waals surface area contributed by atoms with Crippen molar-refractivity contribution in [3.63, 3.8) is 0 Å². The summed E-state index contributed by atoms with van der Waals surface area (Å²) in [6, 6.07) is 0. The van der Waals surface area contributed by atoms with Gasteiger partial charge >= 0.3 is 0 Å². The predicted molar refractivity (Wildman–Crippen MR) is 42.3 cm³/mol. The summed E-state index contributed by atoms with van der Waals surface area (Å²) in [6.07, 6.45) is 11.5. The van der Waals surface area contributed by atoms with Gasteiger partial charge in [0, 0.05) is 6.20 Å². The van der Waals surface area contributed by atoms with E-state index in [0.717, 1.165) is 0 Å². The molecule has 0 aromatic heterocycles. The highest BCUT2D eigenvalue weighted by atomic mass is 16.1. The van der Waals surface area contributed by atoms with Crippen molar-refractivity contribution >= 4 is 6.41 Å². The van der Waals surface area contributed by atoms with Gasteiger partial charge in [-0.3, -0.25) is 4.79 Å². The highest BCUT2D eigenvalue weighted by molar-refractivity contribution is 5.47. The zero-order chi connectivity index (χ0) is 7.66. The standard InChI is InChI=1S/C8H11NO/c1-2-3-4-5-6-7-9-8-10/h2-8H,1H3,(H,9,10)/b3-2-,5-4-,7-6+. The molecule has 0 aliphatic heterocycles. The van der Waals surface area contributed by atoms with E-state index in [-0.39, 0.29) is 0 Å². The number of amides is 1. The molecule has 54 valence electrons. The minimum Gasteiger partial charge on any atom is -0.335 e. The second-order valence-corrected chi connectivity index (χ2v) is 1.55. The number of nitrogens with one attached hydrogen (secondary N) is 1. The van der Waals surface area contributed by atoms with Gasteiger partial charge in [-0.2, -0.15) is 0 Å². The zero-order valence-corrected chi connectivity index (χ0v) is 5.95. The summed E-state index contributed by atoms with van der Waals surface area (Å²) in [6.45, 7) is 1.94. The van der Waals surface area contributed by atoms with E-state index in [0.29, 0.717) is 6.41 Å². The summed E-state index contributed by atoms with van der Waals surface area (Å²) in [7, 11) is 0. The van der Waals surface area contributed by atoms with E-state index in [1.807, 2.05) is 31.2 Å². The fourth-order valence-corrected chi connectivity index (χ4v) is 0.390. The molecule has 0 rings (SSSR count). The Morgan fingerprint density at radius 1 is 1.10 bits per heavy atom. The van der Waals surface area contributed by atoms with Crippen molar-refractivity contribution in [1.29, 1.82) is 0 Å². The summed E-state index contributed by atoms with van der Waals surface area (Å²) < 4.78 is 0. The van der Waals surface area contributed by atoms with Crippen LogP contribution in [-0.4, -0.2) is 6.41 Å². The number of carbonyl (C=O) groups is 1. The first-order valence-electron chi connectivity index (χ1n) is 3.06. The third kappa shape index (κ3) is 6.69. The van der Waals surface area contributed by atoms with Gasteiger partial charge < -0.3 is 5.32 Å². The van der Waals surface area contributed by atoms with Crippen LogP contribution >= 0.6 is 0 Å². The minimum atomic E-state index is 0.625. The Morgan fingerprint density at radius 2 is 1.80 bits per heavy atom. The molecule has 2 nitrogen and oxygen atoms in total. The van der Waals surface area contributed by atoms with Gasteiger partial charge in [0.05, 0.1) is 0 Å². The predicted octanol–water partition coefficient (Wildman–Crippen LogP) is 1.38. The Hall–Kier alpha value is -1.31. The van der Waals surface area contributed by atoms with E-state index in [1.54, 1.807) is 12.3 Å². The SMILES string of the molecule is C\C=C/C=C\C=C\NC=O. The van der Waals surface area contributed by atoms with Crippen molar-refractivity contribution < 1.29 is 4.79 Å². The summed E-state index contributed by atoms with van der Waals surface area (Å²) in [4.78, 5) is 9.69. The van der Waals surface area contributed by atoms with E-state index in [9.17, 15) is 4.79 Å². The average Bonchev–Trinajstić information content (AvgIpc) is 1.97. The van der Waals surface area contributed by atoms with Crippen LogP contribution in [0.5, 0.6) is 0 Å². The van der Waals surface area contributed by atoms with Crippen LogP contribution in [-0.2, 0) is 4.79 Å². The molecule has 0 unspecified atom stereocenters. The Bertz CT molecular complexity index is 157. The molecule has 1 amide bonds. The first-order chi connectivity index (χ1) is 4.91. The van der Waals surface area contributed by atoms with Crippen LogP contribution in [0.3, 0.4) is 0 Å². The molecule has 0 aliphatic rings. The second kappa shape index (κ2) is 7.69. The molecule has 0 atom stereocenters. The van der Waals surface area contributed by atoms with Crippen molar-refractivity contribution in [3.8, 4) is 0 Å². The number of rotatable bonds is 4. The van der Waals surface area contributed by atoms with Gasteiger partial charge in [-0.25, -0.2) is 0 Å². The lowest BCUT2D eigenvalue weighted by molar-refractivity contribution is -0.108. The molecule has 0 aromatic carbocycles. The average molecular weight is 137 g/mol. The third-order valence-electron chi connectivity index (χ3n) is 0.786. The van der Waals surface area contributed by atoms with Crippen molar-refractivity contribution in [3.05, 3.63) is 36.6 Å². The van der Waals surface area contributed by atoms with Crippen LogP contribution < -0.4 is 5.32 Å². The summed E-state index contributed by atoms with van der Waals surface area (Å²) in [5.41, 5.74) is 0. The Kier molecular flexibility index (Phi) is 6.68. The largest absolute Gasteiger partial charge is 0.335 e. The van der Waals surface area contributed by atoms with Gasteiger partial charge in [0.1, 0.15) is 0 Å². The summed E-state index contributed by atoms with van der Waals surface area (Å²) in [5, 5.41) is 2.39. The Labute approximate surface area is 60.9 Å². The molecule has 2 heteroatoms. The van der Waals surface area contributed by atoms with Crippen molar-refractivity contribution in [2.75, 3.05) is 0 Å². The van der Waals surface area contributed by atoms with Crippen LogP contribution in [0.1, 0.15) is 6.92 Å². The van der Waals surface area contributed by atoms with Gasteiger partial charge in [-0.15, -0.1) is 0 Å². The molecule has 0 fully saturated rings. The molecular weight excluding hydrogens is 126 g/mol. The summed E-state index contributed by atoms with van der Waals surface area (Å²) in [5.74, 6) is 0. The topological polar surface area (TPSA) is 29.1 Å². The van der Waals surface area contributed by atoms with Crippen LogP contribution in [0.15, 0.2) is 36.6 Å². The fraction of sp³-hybridized carbons (Fsp3) is 0.125. The molecule has 0 spiro atoms. The quantitative estimate of drug-likeness (QED) is 0.460. The monoisotopic (exact) mass is 137 g/mol. The maximum absolute atomic E-state index is 9.69. The summed E-state index contributed by atoms with van der Waals surface area (Å²) >= 11 is 0. The van der Waals surface area contributed by atoms with Crippen LogP contribution in [0.25, 0.3) is 0 Å². The molecule has 0 bridgehead atoms. The molecule has 0 heterocycles. The molecule has 1 N–H and O–H groups in total. The van der Waals surface area contributed by atoms with Crippen LogP contribution in [0.4, 0.5) is 0 Å². The second-order valence-electron chi connectivity index (χ2n) is 1.55. The Balaban J connectivity index is 3.41. The smallest absolute Gasteiger partial charge is 0.211 e. The lowest BCUT2D eigenvalue weighted by Gasteiger charge is -1.77. The van der Waals surface area contributed by atoms with Crippen molar-refractivity contribution in [2.24, 2.45) is 0 Å². The lowest BCUT2D eigenvalue weighted by atomic mass is 10.4. The maximum atomic E-state index is 9.69. The molecule has 0 aliphatic carbocycles. The maximum Gasteiger partial charge on any atom is 0.211 e. The molecule has 0 saturated heterocycles. The first-order valence-corrected chi connectivity index (χ1v) is 3.06.